The van der Waals surface area contributed by atoms with E-state index in [0.717, 1.165) is 67.3 Å². The molecule has 2 spiro atoms. The lowest BCUT2D eigenvalue weighted by atomic mass is 9.55. The van der Waals surface area contributed by atoms with E-state index in [1.165, 1.54) is 6.07 Å². The maximum Gasteiger partial charge on any atom is 0.255 e. The van der Waals surface area contributed by atoms with E-state index in [-0.39, 0.29) is 30.0 Å². The number of fused-ring (bicyclic) bond motifs is 4. The summed E-state index contributed by atoms with van der Waals surface area (Å²) in [4.78, 5) is 67.6. The van der Waals surface area contributed by atoms with Crippen molar-refractivity contribution in [2.24, 2.45) is 0 Å². The summed E-state index contributed by atoms with van der Waals surface area (Å²) in [5, 5.41) is 12.3. The summed E-state index contributed by atoms with van der Waals surface area (Å²) in [6.45, 7) is 0.772. The molecule has 52 heavy (non-hydrogen) atoms. The fraction of sp³-hybridized carbons (Fsp3) is 0.439. The van der Waals surface area contributed by atoms with Crippen molar-refractivity contribution >= 4 is 35.2 Å². The summed E-state index contributed by atoms with van der Waals surface area (Å²) in [5.74, 6) is -2.51. The monoisotopic (exact) mass is 705 g/mol. The molecule has 5 amide bonds. The van der Waals surface area contributed by atoms with E-state index in [1.54, 1.807) is 29.2 Å². The number of imide groups is 1. The molecule has 1 aliphatic carbocycles. The first-order chi connectivity index (χ1) is 25.2. The van der Waals surface area contributed by atoms with Crippen molar-refractivity contribution in [3.8, 4) is 0 Å². The van der Waals surface area contributed by atoms with Crippen molar-refractivity contribution < 1.29 is 28.4 Å². The maximum absolute atomic E-state index is 15.8. The quantitative estimate of drug-likeness (QED) is 0.187. The Kier molecular flexibility index (Phi) is 8.93. The molecule has 4 atom stereocenters. The van der Waals surface area contributed by atoms with Crippen molar-refractivity contribution in [1.29, 1.82) is 0 Å². The van der Waals surface area contributed by atoms with Crippen LogP contribution in [0.15, 0.2) is 66.7 Å². The number of halogens is 1. The standard InChI is InChI=1S/C41H44FN5O5/c42-30-17-6-4-14-27(30)34-35(46-40(21-8-2-9-22-40)41(34)29-16-5-7-18-31(29)44-39(41)52)37(50)43-23-10-1-3-12-25-13-11-15-26-28(25)24-47(38(26)51)32-19-20-33(48)45-36(32)49/h4-7,11,13-18,32,34-35,46H,1-3,8-10,12,19-24H2,(H,43,50)(H,44,52)(H,45,48,49)/t32?,34-,35+,41+/m0/s1. The average Bonchev–Trinajstić information content (AvgIpc) is 3.74. The van der Waals surface area contributed by atoms with Gasteiger partial charge in [-0.15, -0.1) is 0 Å². The number of para-hydroxylation sites is 1. The minimum absolute atomic E-state index is 0.180. The fourth-order valence-corrected chi connectivity index (χ4v) is 9.98. The zero-order chi connectivity index (χ0) is 36.0. The van der Waals surface area contributed by atoms with Crippen molar-refractivity contribution in [1.82, 2.24) is 20.9 Å². The molecule has 10 nitrogen and oxygen atoms in total. The molecule has 4 aliphatic heterocycles. The Balaban J connectivity index is 0.953. The zero-order valence-electron chi connectivity index (χ0n) is 29.1. The smallest absolute Gasteiger partial charge is 0.255 e. The van der Waals surface area contributed by atoms with Crippen molar-refractivity contribution in [3.05, 3.63) is 100 Å². The molecule has 3 aromatic rings. The van der Waals surface area contributed by atoms with E-state index in [1.807, 2.05) is 36.4 Å². The highest BCUT2D eigenvalue weighted by Gasteiger charge is 2.72. The van der Waals surface area contributed by atoms with Crippen LogP contribution in [0, 0.1) is 5.82 Å². The van der Waals surface area contributed by atoms with Gasteiger partial charge in [-0.25, -0.2) is 4.39 Å². The van der Waals surface area contributed by atoms with E-state index in [2.05, 4.69) is 21.3 Å². The highest BCUT2D eigenvalue weighted by molar-refractivity contribution is 6.10. The van der Waals surface area contributed by atoms with E-state index in [0.29, 0.717) is 43.5 Å². The lowest BCUT2D eigenvalue weighted by Crippen LogP contribution is -2.60. The second-order valence-electron chi connectivity index (χ2n) is 15.0. The van der Waals surface area contributed by atoms with Crippen molar-refractivity contribution in [2.75, 3.05) is 11.9 Å². The number of aryl methyl sites for hydroxylation is 1. The molecule has 11 heteroatoms. The van der Waals surface area contributed by atoms with Crippen LogP contribution < -0.4 is 21.3 Å². The minimum Gasteiger partial charge on any atom is -0.355 e. The minimum atomic E-state index is -1.15. The summed E-state index contributed by atoms with van der Waals surface area (Å²) in [7, 11) is 0. The molecule has 4 heterocycles. The molecule has 4 N–H and O–H groups in total. The molecule has 0 aromatic heterocycles. The molecule has 0 radical (unpaired) electrons. The highest BCUT2D eigenvalue weighted by atomic mass is 19.1. The van der Waals surface area contributed by atoms with Gasteiger partial charge >= 0.3 is 0 Å². The number of benzene rings is 3. The van der Waals surface area contributed by atoms with Gasteiger partial charge in [0.05, 0.1) is 6.04 Å². The van der Waals surface area contributed by atoms with Gasteiger partial charge in [-0.3, -0.25) is 34.6 Å². The van der Waals surface area contributed by atoms with Crippen LogP contribution in [-0.4, -0.2) is 58.6 Å². The summed E-state index contributed by atoms with van der Waals surface area (Å²) in [6.07, 6.45) is 7.96. The Labute approximate surface area is 302 Å². The number of nitrogens with one attached hydrogen (secondary N) is 4. The van der Waals surface area contributed by atoms with Gasteiger partial charge in [0.2, 0.25) is 23.6 Å². The van der Waals surface area contributed by atoms with Crippen LogP contribution in [0.2, 0.25) is 0 Å². The van der Waals surface area contributed by atoms with E-state index >= 15 is 4.39 Å². The zero-order valence-corrected chi connectivity index (χ0v) is 29.1. The number of nitrogens with zero attached hydrogens (tertiary/aromatic N) is 1. The van der Waals surface area contributed by atoms with Gasteiger partial charge in [0.25, 0.3) is 5.91 Å². The second-order valence-corrected chi connectivity index (χ2v) is 15.0. The van der Waals surface area contributed by atoms with Gasteiger partial charge in [0.15, 0.2) is 0 Å². The predicted molar refractivity (Wildman–Crippen MR) is 192 cm³/mol. The van der Waals surface area contributed by atoms with Crippen molar-refractivity contribution in [2.45, 2.75) is 106 Å². The number of hydrogen-bond donors (Lipinski definition) is 4. The lowest BCUT2D eigenvalue weighted by Gasteiger charge is -2.47. The second kappa shape index (κ2) is 13.6. The Bertz CT molecular complexity index is 1960. The lowest BCUT2D eigenvalue weighted by molar-refractivity contribution is -0.137. The maximum atomic E-state index is 15.8. The first kappa shape index (κ1) is 34.2. The van der Waals surface area contributed by atoms with E-state index in [9.17, 15) is 24.0 Å². The van der Waals surface area contributed by atoms with Crippen LogP contribution in [0.5, 0.6) is 0 Å². The number of anilines is 1. The molecule has 1 saturated carbocycles. The van der Waals surface area contributed by atoms with Crippen LogP contribution in [0.3, 0.4) is 0 Å². The SMILES string of the molecule is O=C1CCC(N2Cc3c(CCCCCNC(=O)[C@@H]4NC5(CCCCC5)[C@@]5(C(=O)Nc6ccccc65)[C@H]4c4ccccc4F)cccc3C2=O)C(=O)N1. The molecule has 2 saturated heterocycles. The number of amides is 5. The van der Waals surface area contributed by atoms with E-state index in [4.69, 9.17) is 0 Å². The van der Waals surface area contributed by atoms with Crippen LogP contribution in [-0.2, 0) is 37.6 Å². The average molecular weight is 706 g/mol. The predicted octanol–water partition coefficient (Wildman–Crippen LogP) is 4.76. The molecule has 1 unspecified atom stereocenters. The number of piperidine rings is 1. The highest BCUT2D eigenvalue weighted by Crippen LogP contribution is 2.62. The fourth-order valence-electron chi connectivity index (χ4n) is 9.98. The summed E-state index contributed by atoms with van der Waals surface area (Å²) >= 11 is 0. The Hall–Kier alpha value is -4.90. The first-order valence-electron chi connectivity index (χ1n) is 18.7. The third kappa shape index (κ3) is 5.43. The number of unbranched alkanes of at least 4 members (excludes halogenated alkanes) is 2. The molecule has 3 aromatic carbocycles. The van der Waals surface area contributed by atoms with Gasteiger partial charge in [-0.2, -0.15) is 0 Å². The first-order valence-corrected chi connectivity index (χ1v) is 18.7. The third-order valence-electron chi connectivity index (χ3n) is 12.3. The van der Waals surface area contributed by atoms with E-state index < -0.39 is 40.7 Å². The largest absolute Gasteiger partial charge is 0.355 e. The number of carbonyl (C=O) groups excluding carboxylic acids is 5. The van der Waals surface area contributed by atoms with Crippen LogP contribution in [0.25, 0.3) is 0 Å². The normalized spacial score (nSPS) is 26.0. The molecule has 0 bridgehead atoms. The number of rotatable bonds is 9. The van der Waals surface area contributed by atoms with Crippen LogP contribution >= 0.6 is 0 Å². The molecule has 8 rings (SSSR count). The number of carbonyl (C=O) groups is 5. The summed E-state index contributed by atoms with van der Waals surface area (Å²) in [5.41, 5.74) is 2.66. The molecular weight excluding hydrogens is 661 g/mol. The Morgan fingerprint density at radius 1 is 0.885 bits per heavy atom. The van der Waals surface area contributed by atoms with Crippen molar-refractivity contribution in [3.63, 3.8) is 0 Å². The third-order valence-corrected chi connectivity index (χ3v) is 12.3. The summed E-state index contributed by atoms with van der Waals surface area (Å²) < 4.78 is 15.8. The Morgan fingerprint density at radius 3 is 2.48 bits per heavy atom. The van der Waals surface area contributed by atoms with Gasteiger partial charge in [0.1, 0.15) is 17.3 Å². The van der Waals surface area contributed by atoms with Crippen LogP contribution in [0.1, 0.15) is 103 Å². The topological polar surface area (TPSA) is 137 Å². The van der Waals surface area contributed by atoms with Gasteiger partial charge in [0, 0.05) is 42.2 Å². The molecular formula is C41H44FN5O5. The molecule has 3 fully saturated rings. The Morgan fingerprint density at radius 2 is 1.67 bits per heavy atom. The number of hydrogen-bond acceptors (Lipinski definition) is 6. The molecule has 5 aliphatic rings. The van der Waals surface area contributed by atoms with Gasteiger partial charge in [-0.05, 0) is 79.0 Å². The van der Waals surface area contributed by atoms with Gasteiger partial charge < -0.3 is 15.5 Å². The molecule has 270 valence electrons. The van der Waals surface area contributed by atoms with Gasteiger partial charge in [-0.1, -0.05) is 74.2 Å². The summed E-state index contributed by atoms with van der Waals surface area (Å²) in [6, 6.07) is 18.4. The van der Waals surface area contributed by atoms with Crippen LogP contribution in [0.4, 0.5) is 10.1 Å².